The molecule has 1 fully saturated rings. The molecule has 0 radical (unpaired) electrons. The first-order valence-electron chi connectivity index (χ1n) is 3.54. The predicted molar refractivity (Wildman–Crippen MR) is 37.8 cm³/mol. The molecule has 0 amide bonds. The maximum Gasteiger partial charge on any atom is 0.129 e. The van der Waals surface area contributed by atoms with E-state index in [1.54, 1.807) is 0 Å². The van der Waals surface area contributed by atoms with Crippen molar-refractivity contribution in [2.24, 2.45) is 5.73 Å². The molecule has 0 aromatic heterocycles. The summed E-state index contributed by atoms with van der Waals surface area (Å²) >= 11 is 0. The van der Waals surface area contributed by atoms with Crippen LogP contribution in [0.1, 0.15) is 25.7 Å². The topological polar surface area (TPSA) is 38.8 Å². The van der Waals surface area contributed by atoms with Crippen molar-refractivity contribution in [3.63, 3.8) is 0 Å². The van der Waals surface area contributed by atoms with Crippen molar-refractivity contribution in [3.05, 3.63) is 7.11 Å². The zero-order valence-electron chi connectivity index (χ0n) is 5.71. The first kappa shape index (κ1) is 7.03. The zero-order valence-corrected chi connectivity index (χ0v) is 5.71. The molecule has 0 aromatic rings. The summed E-state index contributed by atoms with van der Waals surface area (Å²) in [5, 5.41) is 0. The fourth-order valence-corrected chi connectivity index (χ4v) is 1.28. The molecule has 9 heavy (non-hydrogen) atoms. The molecule has 0 bridgehead atoms. The van der Waals surface area contributed by atoms with Crippen LogP contribution in [0.2, 0.25) is 0 Å². The minimum absolute atomic E-state index is 0.433. The van der Waals surface area contributed by atoms with Gasteiger partial charge in [-0.2, -0.15) is 0 Å². The van der Waals surface area contributed by atoms with E-state index in [0.29, 0.717) is 12.1 Å². The molecule has 1 aliphatic carbocycles. The van der Waals surface area contributed by atoms with E-state index in [-0.39, 0.29) is 0 Å². The number of hydrogen-bond acceptors (Lipinski definition) is 1. The molecule has 0 atom stereocenters. The van der Waals surface area contributed by atoms with Crippen molar-refractivity contribution in [3.8, 4) is 0 Å². The maximum atomic E-state index is 5.69. The van der Waals surface area contributed by atoms with Gasteiger partial charge in [0.15, 0.2) is 0 Å². The van der Waals surface area contributed by atoms with Crippen molar-refractivity contribution >= 4 is 0 Å². The van der Waals surface area contributed by atoms with Crippen molar-refractivity contribution in [1.82, 2.24) is 0 Å². The highest BCUT2D eigenvalue weighted by atomic mass is 16.5. The fourth-order valence-electron chi connectivity index (χ4n) is 1.28. The lowest BCUT2D eigenvalue weighted by Crippen LogP contribution is -2.30. The third-order valence-corrected chi connectivity index (χ3v) is 2.00. The first-order valence-corrected chi connectivity index (χ1v) is 3.54. The molecule has 2 heteroatoms. The number of aliphatic hydroxyl groups is 2. The van der Waals surface area contributed by atoms with Crippen LogP contribution in [0.3, 0.4) is 0 Å². The summed E-state index contributed by atoms with van der Waals surface area (Å²) in [4.78, 5) is 0. The van der Waals surface area contributed by atoms with Crippen LogP contribution < -0.4 is 5.73 Å². The highest BCUT2D eigenvalue weighted by Gasteiger charge is 2.18. The van der Waals surface area contributed by atoms with Gasteiger partial charge in [-0.25, -0.2) is 0 Å². The van der Waals surface area contributed by atoms with Crippen LogP contribution in [0.15, 0.2) is 0 Å². The monoisotopic (exact) mass is 129 g/mol. The number of hydrogen-bond donors (Lipinski definition) is 1. The Bertz CT molecular complexity index is 77.0. The third-order valence-electron chi connectivity index (χ3n) is 2.00. The first-order chi connectivity index (χ1) is 4.33. The van der Waals surface area contributed by atoms with Crippen LogP contribution in [0.4, 0.5) is 0 Å². The van der Waals surface area contributed by atoms with Gasteiger partial charge in [0.2, 0.25) is 0 Å². The average molecular weight is 129 g/mol. The molecule has 3 N–H and O–H groups in total. The summed E-state index contributed by atoms with van der Waals surface area (Å²) in [7, 11) is 3.52. The SMILES string of the molecule is [CH2-][OH+]C1CCC(N)CC1. The highest BCUT2D eigenvalue weighted by molar-refractivity contribution is 4.73. The third kappa shape index (κ3) is 1.95. The number of nitrogens with two attached hydrogens (primary N) is 1. The minimum Gasteiger partial charge on any atom is -0.579 e. The zero-order chi connectivity index (χ0) is 6.69. The van der Waals surface area contributed by atoms with Crippen LogP contribution >= 0.6 is 0 Å². The molecule has 0 aromatic carbocycles. The molecule has 2 nitrogen and oxygen atoms in total. The largest absolute Gasteiger partial charge is 0.579 e. The molecule has 0 aliphatic heterocycles. The number of ether oxygens (including phenoxy) is 1. The van der Waals surface area contributed by atoms with Crippen LogP contribution in [0.25, 0.3) is 0 Å². The second-order valence-corrected chi connectivity index (χ2v) is 2.75. The Morgan fingerprint density at radius 2 is 1.78 bits per heavy atom. The molecular formula is C7H15NO. The van der Waals surface area contributed by atoms with Crippen molar-refractivity contribution in [1.29, 1.82) is 0 Å². The van der Waals surface area contributed by atoms with Gasteiger partial charge in [-0.1, -0.05) is 7.11 Å². The minimum atomic E-state index is 0.433. The van der Waals surface area contributed by atoms with E-state index >= 15 is 0 Å². The van der Waals surface area contributed by atoms with Gasteiger partial charge in [-0.05, 0) is 12.8 Å². The van der Waals surface area contributed by atoms with E-state index < -0.39 is 0 Å². The van der Waals surface area contributed by atoms with E-state index in [4.69, 9.17) is 5.73 Å². The second-order valence-electron chi connectivity index (χ2n) is 2.75. The van der Waals surface area contributed by atoms with Gasteiger partial charge in [0.1, 0.15) is 6.10 Å². The summed E-state index contributed by atoms with van der Waals surface area (Å²) in [6.07, 6.45) is 5.05. The van der Waals surface area contributed by atoms with Gasteiger partial charge < -0.3 is 10.5 Å². The Morgan fingerprint density at radius 3 is 2.22 bits per heavy atom. The van der Waals surface area contributed by atoms with E-state index in [1.165, 1.54) is 0 Å². The van der Waals surface area contributed by atoms with Gasteiger partial charge in [-0.15, -0.1) is 0 Å². The lowest BCUT2D eigenvalue weighted by Gasteiger charge is -2.24. The molecular weight excluding hydrogens is 114 g/mol. The maximum absolute atomic E-state index is 5.69. The smallest absolute Gasteiger partial charge is 0.129 e. The average Bonchev–Trinajstić information content (AvgIpc) is 1.90. The van der Waals surface area contributed by atoms with Crippen LogP contribution in [-0.4, -0.2) is 16.9 Å². The standard InChI is InChI=1S/C7H15NO/c1-9-7-4-2-6(8)3-5-7/h6-7,9H,1-5,8H2. The van der Waals surface area contributed by atoms with Crippen molar-refractivity contribution in [2.45, 2.75) is 37.8 Å². The second kappa shape index (κ2) is 3.18. The summed E-state index contributed by atoms with van der Waals surface area (Å²) in [6.45, 7) is 0. The van der Waals surface area contributed by atoms with Crippen molar-refractivity contribution < 1.29 is 4.74 Å². The molecule has 0 unspecified atom stereocenters. The lowest BCUT2D eigenvalue weighted by atomic mass is 9.94. The Morgan fingerprint density at radius 1 is 1.22 bits per heavy atom. The van der Waals surface area contributed by atoms with Crippen LogP contribution in [0, 0.1) is 7.11 Å². The van der Waals surface area contributed by atoms with Gasteiger partial charge in [0.05, 0.1) is 0 Å². The van der Waals surface area contributed by atoms with Crippen molar-refractivity contribution in [2.75, 3.05) is 0 Å². The van der Waals surface area contributed by atoms with Gasteiger partial charge >= 0.3 is 0 Å². The normalized spacial score (nSPS) is 36.7. The Balaban J connectivity index is 2.18. The van der Waals surface area contributed by atoms with E-state index in [2.05, 4.69) is 11.8 Å². The lowest BCUT2D eigenvalue weighted by molar-refractivity contribution is -0.0474. The van der Waals surface area contributed by atoms with E-state index in [1.807, 2.05) is 0 Å². The molecule has 54 valence electrons. The summed E-state index contributed by atoms with van der Waals surface area (Å²) < 4.78 is 3.98. The number of rotatable bonds is 1. The molecule has 1 saturated carbocycles. The van der Waals surface area contributed by atoms with Gasteiger partial charge in [0, 0.05) is 18.9 Å². The highest BCUT2D eigenvalue weighted by Crippen LogP contribution is 2.17. The fraction of sp³-hybridized carbons (Fsp3) is 0.857. The van der Waals surface area contributed by atoms with E-state index in [0.717, 1.165) is 25.7 Å². The Labute approximate surface area is 56.4 Å². The van der Waals surface area contributed by atoms with E-state index in [9.17, 15) is 0 Å². The Hall–Kier alpha value is -0.0800. The van der Waals surface area contributed by atoms with Crippen LogP contribution in [-0.2, 0) is 0 Å². The molecule has 1 aliphatic rings. The van der Waals surface area contributed by atoms with Gasteiger partial charge in [0.25, 0.3) is 0 Å². The van der Waals surface area contributed by atoms with Crippen LogP contribution in [0.5, 0.6) is 0 Å². The van der Waals surface area contributed by atoms with Gasteiger partial charge in [-0.3, -0.25) is 0 Å². The predicted octanol–water partition coefficient (Wildman–Crippen LogP) is 0.576. The summed E-state index contributed by atoms with van der Waals surface area (Å²) in [6, 6.07) is 0.433. The molecule has 0 heterocycles. The Kier molecular flexibility index (Phi) is 2.49. The summed E-state index contributed by atoms with van der Waals surface area (Å²) in [5.41, 5.74) is 5.69. The quantitative estimate of drug-likeness (QED) is 0.408. The summed E-state index contributed by atoms with van der Waals surface area (Å²) in [5.74, 6) is 0. The molecule has 0 spiro atoms. The molecule has 1 rings (SSSR count). The molecule has 0 saturated heterocycles.